The van der Waals surface area contributed by atoms with E-state index in [9.17, 15) is 4.79 Å². The number of amides is 1. The minimum atomic E-state index is -0.000598. The number of aromatic nitrogens is 1. The molecule has 1 aromatic heterocycles. The maximum Gasteiger partial charge on any atom is 0.228 e. The zero-order chi connectivity index (χ0) is 15.8. The first-order valence-electron chi connectivity index (χ1n) is 7.57. The van der Waals surface area contributed by atoms with Gasteiger partial charge in [0.25, 0.3) is 0 Å². The number of pyridine rings is 1. The van der Waals surface area contributed by atoms with Crippen molar-refractivity contribution in [3.05, 3.63) is 53.3 Å². The van der Waals surface area contributed by atoms with E-state index in [0.29, 0.717) is 19.6 Å². The summed E-state index contributed by atoms with van der Waals surface area (Å²) in [6.07, 6.45) is 2.11. The van der Waals surface area contributed by atoms with Gasteiger partial charge in [-0.2, -0.15) is 0 Å². The molecule has 2 aromatic rings. The lowest BCUT2D eigenvalue weighted by Gasteiger charge is -2.19. The summed E-state index contributed by atoms with van der Waals surface area (Å²) in [6, 6.07) is 9.69. The average molecular weight is 308 g/mol. The van der Waals surface area contributed by atoms with Gasteiger partial charge in [-0.3, -0.25) is 9.78 Å². The number of aryl methyl sites for hydroxylation is 1. The number of hydrogen-bond donors (Lipinski definition) is 1. The molecule has 23 heavy (non-hydrogen) atoms. The maximum atomic E-state index is 12.0. The summed E-state index contributed by atoms with van der Waals surface area (Å²) in [6.45, 7) is 3.05. The number of carbonyl (C=O) groups excluding carboxylic acids is 1. The number of rotatable bonds is 2. The van der Waals surface area contributed by atoms with Crippen molar-refractivity contribution < 1.29 is 14.3 Å². The Kier molecular flexibility index (Phi) is 3.26. The summed E-state index contributed by atoms with van der Waals surface area (Å²) in [7, 11) is 0. The number of carbonyl (C=O) groups is 1. The van der Waals surface area contributed by atoms with E-state index in [4.69, 9.17) is 9.47 Å². The second-order valence-electron chi connectivity index (χ2n) is 5.62. The Hall–Kier alpha value is -2.82. The summed E-state index contributed by atoms with van der Waals surface area (Å²) in [5.74, 6) is 1.48. The first kappa shape index (κ1) is 13.8. The number of benzene rings is 1. The smallest absolute Gasteiger partial charge is 0.228 e. The molecule has 0 bridgehead atoms. The van der Waals surface area contributed by atoms with Gasteiger partial charge in [0.1, 0.15) is 13.2 Å². The molecule has 0 atom stereocenters. The molecular weight excluding hydrogens is 292 g/mol. The minimum absolute atomic E-state index is 0.000598. The molecule has 2 aliphatic rings. The van der Waals surface area contributed by atoms with Crippen LogP contribution in [0.1, 0.15) is 23.2 Å². The van der Waals surface area contributed by atoms with Crippen LogP contribution in [-0.4, -0.2) is 24.1 Å². The molecule has 0 saturated heterocycles. The van der Waals surface area contributed by atoms with E-state index in [-0.39, 0.29) is 5.91 Å². The molecule has 1 N–H and O–H groups in total. The van der Waals surface area contributed by atoms with Crippen LogP contribution >= 0.6 is 0 Å². The Morgan fingerprint density at radius 1 is 1.04 bits per heavy atom. The zero-order valence-electron chi connectivity index (χ0n) is 12.8. The highest BCUT2D eigenvalue weighted by Crippen LogP contribution is 2.37. The SMILES string of the molecule is Cc1cc(C2=C(c3ccc4c(c3)OCCO4)CC(=O)N2)ccn1. The topological polar surface area (TPSA) is 60.5 Å². The Balaban J connectivity index is 1.81. The number of ether oxygens (including phenoxy) is 2. The van der Waals surface area contributed by atoms with E-state index >= 15 is 0 Å². The van der Waals surface area contributed by atoms with Gasteiger partial charge in [-0.25, -0.2) is 0 Å². The summed E-state index contributed by atoms with van der Waals surface area (Å²) in [4.78, 5) is 16.2. The summed E-state index contributed by atoms with van der Waals surface area (Å²) in [5, 5.41) is 2.97. The van der Waals surface area contributed by atoms with Crippen LogP contribution in [0.2, 0.25) is 0 Å². The standard InChI is InChI=1S/C18H16N2O3/c1-11-8-13(4-5-19-11)18-14(10-17(21)20-18)12-2-3-15-16(9-12)23-7-6-22-15/h2-5,8-9H,6-7,10H2,1H3,(H,20,21). The Labute approximate surface area is 133 Å². The van der Waals surface area contributed by atoms with Crippen molar-refractivity contribution in [1.82, 2.24) is 10.3 Å². The predicted molar refractivity (Wildman–Crippen MR) is 86.0 cm³/mol. The second kappa shape index (κ2) is 5.43. The molecule has 2 aliphatic heterocycles. The molecule has 5 heteroatoms. The van der Waals surface area contributed by atoms with Crippen molar-refractivity contribution in [2.45, 2.75) is 13.3 Å². The maximum absolute atomic E-state index is 12.0. The van der Waals surface area contributed by atoms with E-state index in [0.717, 1.165) is 39.6 Å². The third kappa shape index (κ3) is 2.54. The lowest BCUT2D eigenvalue weighted by Crippen LogP contribution is -2.15. The van der Waals surface area contributed by atoms with Crippen LogP contribution in [0.3, 0.4) is 0 Å². The molecule has 1 aromatic carbocycles. The van der Waals surface area contributed by atoms with Gasteiger partial charge in [0.2, 0.25) is 5.91 Å². The van der Waals surface area contributed by atoms with Crippen molar-refractivity contribution in [2.24, 2.45) is 0 Å². The lowest BCUT2D eigenvalue weighted by molar-refractivity contribution is -0.118. The molecule has 4 rings (SSSR count). The molecule has 3 heterocycles. The fourth-order valence-electron chi connectivity index (χ4n) is 2.93. The van der Waals surface area contributed by atoms with E-state index in [1.165, 1.54) is 0 Å². The minimum Gasteiger partial charge on any atom is -0.486 e. The highest BCUT2D eigenvalue weighted by molar-refractivity contribution is 6.09. The van der Waals surface area contributed by atoms with Crippen LogP contribution in [0.5, 0.6) is 11.5 Å². The van der Waals surface area contributed by atoms with E-state index in [1.54, 1.807) is 6.20 Å². The van der Waals surface area contributed by atoms with Crippen molar-refractivity contribution in [3.63, 3.8) is 0 Å². The third-order valence-corrected chi connectivity index (χ3v) is 3.98. The highest BCUT2D eigenvalue weighted by Gasteiger charge is 2.25. The van der Waals surface area contributed by atoms with Crippen LogP contribution in [0.15, 0.2) is 36.5 Å². The highest BCUT2D eigenvalue weighted by atomic mass is 16.6. The normalized spacial score (nSPS) is 16.5. The molecule has 1 amide bonds. The molecule has 0 radical (unpaired) electrons. The molecule has 0 spiro atoms. The first-order chi connectivity index (χ1) is 11.2. The summed E-state index contributed by atoms with van der Waals surface area (Å²) < 4.78 is 11.2. The fraction of sp³-hybridized carbons (Fsp3) is 0.222. The van der Waals surface area contributed by atoms with Crippen molar-refractivity contribution in [1.29, 1.82) is 0 Å². The van der Waals surface area contributed by atoms with Gasteiger partial charge >= 0.3 is 0 Å². The van der Waals surface area contributed by atoms with Crippen LogP contribution in [0.25, 0.3) is 11.3 Å². The van der Waals surface area contributed by atoms with Crippen LogP contribution in [-0.2, 0) is 4.79 Å². The lowest BCUT2D eigenvalue weighted by atomic mass is 9.99. The number of hydrogen-bond acceptors (Lipinski definition) is 4. The van der Waals surface area contributed by atoms with Gasteiger partial charge in [-0.1, -0.05) is 6.07 Å². The fourth-order valence-corrected chi connectivity index (χ4v) is 2.93. The molecule has 0 aliphatic carbocycles. The van der Waals surface area contributed by atoms with Gasteiger partial charge in [-0.05, 0) is 42.3 Å². The van der Waals surface area contributed by atoms with Gasteiger partial charge in [0.15, 0.2) is 11.5 Å². The molecule has 0 saturated carbocycles. The van der Waals surface area contributed by atoms with Gasteiger partial charge in [-0.15, -0.1) is 0 Å². The zero-order valence-corrected chi connectivity index (χ0v) is 12.8. The largest absolute Gasteiger partial charge is 0.486 e. The number of nitrogens with one attached hydrogen (secondary N) is 1. The van der Waals surface area contributed by atoms with Crippen molar-refractivity contribution >= 4 is 17.2 Å². The van der Waals surface area contributed by atoms with E-state index in [2.05, 4.69) is 10.3 Å². The Morgan fingerprint density at radius 3 is 2.70 bits per heavy atom. The first-order valence-corrected chi connectivity index (χ1v) is 7.57. The van der Waals surface area contributed by atoms with Crippen LogP contribution < -0.4 is 14.8 Å². The quantitative estimate of drug-likeness (QED) is 0.926. The van der Waals surface area contributed by atoms with Gasteiger partial charge in [0.05, 0.1) is 12.1 Å². The second-order valence-corrected chi connectivity index (χ2v) is 5.62. The molecule has 116 valence electrons. The van der Waals surface area contributed by atoms with Crippen molar-refractivity contribution in [2.75, 3.05) is 13.2 Å². The summed E-state index contributed by atoms with van der Waals surface area (Å²) >= 11 is 0. The van der Waals surface area contributed by atoms with Gasteiger partial charge in [0, 0.05) is 17.5 Å². The third-order valence-electron chi connectivity index (χ3n) is 3.98. The number of fused-ring (bicyclic) bond motifs is 1. The Morgan fingerprint density at radius 2 is 1.87 bits per heavy atom. The van der Waals surface area contributed by atoms with Crippen LogP contribution in [0, 0.1) is 6.92 Å². The van der Waals surface area contributed by atoms with E-state index < -0.39 is 0 Å². The molecule has 0 fully saturated rings. The number of nitrogens with zero attached hydrogens (tertiary/aromatic N) is 1. The molecule has 5 nitrogen and oxygen atoms in total. The molecular formula is C18H16N2O3. The van der Waals surface area contributed by atoms with Gasteiger partial charge < -0.3 is 14.8 Å². The van der Waals surface area contributed by atoms with Crippen molar-refractivity contribution in [3.8, 4) is 11.5 Å². The predicted octanol–water partition coefficient (Wildman–Crippen LogP) is 2.55. The van der Waals surface area contributed by atoms with Crippen LogP contribution in [0.4, 0.5) is 0 Å². The molecule has 0 unspecified atom stereocenters. The monoisotopic (exact) mass is 308 g/mol. The average Bonchev–Trinajstić information content (AvgIpc) is 2.96. The van der Waals surface area contributed by atoms with E-state index in [1.807, 2.05) is 37.3 Å². The summed E-state index contributed by atoms with van der Waals surface area (Å²) in [5.41, 5.74) is 4.66. The Bertz CT molecular complexity index is 827.